The van der Waals surface area contributed by atoms with Gasteiger partial charge >= 0.3 is 5.97 Å². The summed E-state index contributed by atoms with van der Waals surface area (Å²) in [5, 5.41) is 11.3. The average Bonchev–Trinajstić information content (AvgIpc) is 2.41. The molecule has 22 heavy (non-hydrogen) atoms. The minimum Gasteiger partial charge on any atom is -0.480 e. The highest BCUT2D eigenvalue weighted by Crippen LogP contribution is 2.09. The van der Waals surface area contributed by atoms with Crippen molar-refractivity contribution in [3.8, 4) is 0 Å². The maximum Gasteiger partial charge on any atom is 0.326 e. The van der Waals surface area contributed by atoms with Crippen LogP contribution in [-0.4, -0.2) is 28.8 Å². The predicted molar refractivity (Wildman–Crippen MR) is 74.2 cm³/mol. The minimum atomic E-state index is -1.26. The van der Waals surface area contributed by atoms with Crippen molar-refractivity contribution >= 4 is 17.7 Å². The van der Waals surface area contributed by atoms with Gasteiger partial charge in [0, 0.05) is 18.9 Å². The molecular weight excluding hydrogens is 296 g/mol. The van der Waals surface area contributed by atoms with E-state index in [-0.39, 0.29) is 30.6 Å². The smallest absolute Gasteiger partial charge is 0.326 e. The van der Waals surface area contributed by atoms with Crippen LogP contribution in [-0.2, 0) is 20.8 Å². The van der Waals surface area contributed by atoms with Gasteiger partial charge in [0.05, 0.1) is 6.42 Å². The summed E-state index contributed by atoms with van der Waals surface area (Å²) in [5.41, 5.74) is 0.101. The molecule has 0 heterocycles. The minimum absolute atomic E-state index is 0.0226. The Morgan fingerprint density at radius 3 is 2.27 bits per heavy atom. The van der Waals surface area contributed by atoms with Crippen LogP contribution in [0, 0.1) is 11.6 Å². The highest BCUT2D eigenvalue weighted by atomic mass is 19.1. The molecule has 0 unspecified atom stereocenters. The molecular formula is C15H17F2NO4. The second-order valence-corrected chi connectivity index (χ2v) is 4.84. The number of halogens is 2. The number of nitrogens with one attached hydrogen (secondary N) is 1. The number of amides is 1. The van der Waals surface area contributed by atoms with Crippen molar-refractivity contribution in [2.24, 2.45) is 0 Å². The van der Waals surface area contributed by atoms with Gasteiger partial charge in [-0.3, -0.25) is 9.59 Å². The van der Waals surface area contributed by atoms with Gasteiger partial charge < -0.3 is 10.4 Å². The van der Waals surface area contributed by atoms with Gasteiger partial charge in [0.1, 0.15) is 23.5 Å². The van der Waals surface area contributed by atoms with Crippen LogP contribution in [0.25, 0.3) is 0 Å². The molecule has 120 valence electrons. The number of hydrogen-bond acceptors (Lipinski definition) is 3. The van der Waals surface area contributed by atoms with Gasteiger partial charge in [-0.2, -0.15) is 0 Å². The van der Waals surface area contributed by atoms with Gasteiger partial charge in [-0.15, -0.1) is 0 Å². The van der Waals surface area contributed by atoms with Crippen molar-refractivity contribution in [3.05, 3.63) is 35.4 Å². The lowest BCUT2D eigenvalue weighted by Gasteiger charge is -2.14. The van der Waals surface area contributed by atoms with Crippen LogP contribution in [0.1, 0.15) is 31.7 Å². The molecule has 1 rings (SSSR count). The molecule has 0 fully saturated rings. The summed E-state index contributed by atoms with van der Waals surface area (Å²) < 4.78 is 26.0. The fraction of sp³-hybridized carbons (Fsp3) is 0.400. The van der Waals surface area contributed by atoms with E-state index in [2.05, 4.69) is 5.32 Å². The second kappa shape index (κ2) is 8.21. The highest BCUT2D eigenvalue weighted by molar-refractivity contribution is 5.85. The number of benzene rings is 1. The average molecular weight is 313 g/mol. The Morgan fingerprint density at radius 2 is 1.77 bits per heavy atom. The van der Waals surface area contributed by atoms with Crippen LogP contribution in [0.15, 0.2) is 18.2 Å². The van der Waals surface area contributed by atoms with Gasteiger partial charge in [0.15, 0.2) is 0 Å². The Bertz CT molecular complexity index is 554. The normalized spacial score (nSPS) is 11.8. The van der Waals surface area contributed by atoms with Crippen molar-refractivity contribution in [1.82, 2.24) is 5.32 Å². The lowest BCUT2D eigenvalue weighted by Crippen LogP contribution is -2.41. The Kier molecular flexibility index (Phi) is 6.62. The van der Waals surface area contributed by atoms with Crippen molar-refractivity contribution in [2.75, 3.05) is 0 Å². The topological polar surface area (TPSA) is 83.5 Å². The van der Waals surface area contributed by atoms with E-state index in [0.29, 0.717) is 12.5 Å². The highest BCUT2D eigenvalue weighted by Gasteiger charge is 2.21. The van der Waals surface area contributed by atoms with Crippen LogP contribution >= 0.6 is 0 Å². The number of carboxylic acid groups (broad SMARTS) is 1. The summed E-state index contributed by atoms with van der Waals surface area (Å²) in [6.07, 6.45) is -0.0311. The molecule has 1 aromatic rings. The summed E-state index contributed by atoms with van der Waals surface area (Å²) in [6, 6.07) is 1.47. The summed E-state index contributed by atoms with van der Waals surface area (Å²) in [6.45, 7) is 1.66. The van der Waals surface area contributed by atoms with Gasteiger partial charge in [-0.25, -0.2) is 13.6 Å². The quantitative estimate of drug-likeness (QED) is 0.767. The standard InChI is InChI=1S/C15H17F2NO4/c1-2-12(19)3-4-13(15(21)22)18-14(20)7-9-5-10(16)8-11(17)6-9/h5-6,8,13H,2-4,7H2,1H3,(H,18,20)(H,21,22)/t13-/m0/s1. The molecule has 2 N–H and O–H groups in total. The van der Waals surface area contributed by atoms with Crippen LogP contribution < -0.4 is 5.32 Å². The van der Waals surface area contributed by atoms with Crippen molar-refractivity contribution in [2.45, 2.75) is 38.6 Å². The van der Waals surface area contributed by atoms with Crippen molar-refractivity contribution in [1.29, 1.82) is 0 Å². The zero-order valence-corrected chi connectivity index (χ0v) is 12.1. The fourth-order valence-corrected chi connectivity index (χ4v) is 1.88. The van der Waals surface area contributed by atoms with Gasteiger partial charge in [-0.05, 0) is 24.1 Å². The van der Waals surface area contributed by atoms with E-state index in [9.17, 15) is 23.2 Å². The Morgan fingerprint density at radius 1 is 1.18 bits per heavy atom. The molecule has 0 aliphatic carbocycles. The number of aliphatic carboxylic acids is 1. The Labute approximate surface area is 126 Å². The second-order valence-electron chi connectivity index (χ2n) is 4.84. The molecule has 0 saturated heterocycles. The molecule has 1 aromatic carbocycles. The number of hydrogen-bond donors (Lipinski definition) is 2. The zero-order chi connectivity index (χ0) is 16.7. The summed E-state index contributed by atoms with van der Waals surface area (Å²) in [7, 11) is 0. The van der Waals surface area contributed by atoms with Crippen LogP contribution in [0.5, 0.6) is 0 Å². The maximum absolute atomic E-state index is 13.0. The van der Waals surface area contributed by atoms with E-state index in [4.69, 9.17) is 5.11 Å². The summed E-state index contributed by atoms with van der Waals surface area (Å²) >= 11 is 0. The number of rotatable bonds is 8. The molecule has 7 heteroatoms. The summed E-state index contributed by atoms with van der Waals surface area (Å²) in [5.74, 6) is -3.67. The molecule has 0 aromatic heterocycles. The number of carbonyl (C=O) groups is 3. The lowest BCUT2D eigenvalue weighted by molar-refractivity contribution is -0.142. The zero-order valence-electron chi connectivity index (χ0n) is 12.1. The Balaban J connectivity index is 2.63. The van der Waals surface area contributed by atoms with Crippen LogP contribution in [0.2, 0.25) is 0 Å². The first-order valence-corrected chi connectivity index (χ1v) is 6.80. The molecule has 0 saturated carbocycles. The fourth-order valence-electron chi connectivity index (χ4n) is 1.88. The molecule has 0 radical (unpaired) electrons. The van der Waals surface area contributed by atoms with E-state index < -0.39 is 29.6 Å². The first kappa shape index (κ1) is 17.7. The van der Waals surface area contributed by atoms with Gasteiger partial charge in [0.2, 0.25) is 5.91 Å². The molecule has 1 amide bonds. The van der Waals surface area contributed by atoms with E-state index in [1.807, 2.05) is 0 Å². The molecule has 0 aliphatic rings. The maximum atomic E-state index is 13.0. The third kappa shape index (κ3) is 5.99. The number of carbonyl (C=O) groups excluding carboxylic acids is 2. The van der Waals surface area contributed by atoms with Gasteiger partial charge in [0.25, 0.3) is 0 Å². The molecule has 0 bridgehead atoms. The van der Waals surface area contributed by atoms with Crippen molar-refractivity contribution < 1.29 is 28.3 Å². The predicted octanol–water partition coefficient (Wildman–Crippen LogP) is 1.84. The largest absolute Gasteiger partial charge is 0.480 e. The monoisotopic (exact) mass is 313 g/mol. The van der Waals surface area contributed by atoms with E-state index in [1.54, 1.807) is 6.92 Å². The van der Waals surface area contributed by atoms with E-state index in [1.165, 1.54) is 0 Å². The Hall–Kier alpha value is -2.31. The molecule has 0 spiro atoms. The van der Waals surface area contributed by atoms with E-state index >= 15 is 0 Å². The van der Waals surface area contributed by atoms with E-state index in [0.717, 1.165) is 12.1 Å². The van der Waals surface area contributed by atoms with Crippen LogP contribution in [0.4, 0.5) is 8.78 Å². The molecule has 0 aliphatic heterocycles. The molecule has 1 atom stereocenters. The summed E-state index contributed by atoms with van der Waals surface area (Å²) in [4.78, 5) is 34.0. The number of Topliss-reactive ketones (excluding diaryl/α,β-unsaturated/α-hetero) is 1. The van der Waals surface area contributed by atoms with Crippen LogP contribution in [0.3, 0.4) is 0 Å². The molecule has 5 nitrogen and oxygen atoms in total. The first-order chi connectivity index (χ1) is 10.3. The third-order valence-corrected chi connectivity index (χ3v) is 3.03. The first-order valence-electron chi connectivity index (χ1n) is 6.80. The number of ketones is 1. The third-order valence-electron chi connectivity index (χ3n) is 3.03. The van der Waals surface area contributed by atoms with Gasteiger partial charge in [-0.1, -0.05) is 6.92 Å². The van der Waals surface area contributed by atoms with Crippen molar-refractivity contribution in [3.63, 3.8) is 0 Å². The SMILES string of the molecule is CCC(=O)CC[C@H](NC(=O)Cc1cc(F)cc(F)c1)C(=O)O. The lowest BCUT2D eigenvalue weighted by atomic mass is 10.1. The number of carboxylic acids is 1.